The SMILES string of the molecule is Cc1ccc(NCc2nnc(SCC(=O)NC3CCCC3)n2C)cc1. The summed E-state index contributed by atoms with van der Waals surface area (Å²) in [6.07, 6.45) is 4.65. The lowest BCUT2D eigenvalue weighted by Crippen LogP contribution is -2.33. The van der Waals surface area contributed by atoms with E-state index in [1.165, 1.54) is 30.2 Å². The van der Waals surface area contributed by atoms with Gasteiger partial charge in [-0.05, 0) is 31.9 Å². The molecule has 25 heavy (non-hydrogen) atoms. The summed E-state index contributed by atoms with van der Waals surface area (Å²) in [6.45, 7) is 2.67. The Morgan fingerprint density at radius 3 is 2.68 bits per heavy atom. The topological polar surface area (TPSA) is 71.8 Å². The van der Waals surface area contributed by atoms with E-state index in [0.29, 0.717) is 18.3 Å². The molecule has 1 amide bonds. The molecule has 0 aliphatic heterocycles. The molecule has 1 fully saturated rings. The van der Waals surface area contributed by atoms with Crippen molar-refractivity contribution in [1.29, 1.82) is 0 Å². The number of benzene rings is 1. The van der Waals surface area contributed by atoms with Crippen molar-refractivity contribution < 1.29 is 4.79 Å². The highest BCUT2D eigenvalue weighted by Gasteiger charge is 2.18. The minimum Gasteiger partial charge on any atom is -0.378 e. The summed E-state index contributed by atoms with van der Waals surface area (Å²) in [5.41, 5.74) is 2.29. The van der Waals surface area contributed by atoms with Gasteiger partial charge in [0.25, 0.3) is 0 Å². The van der Waals surface area contributed by atoms with Crippen LogP contribution in [0.25, 0.3) is 0 Å². The van der Waals surface area contributed by atoms with Crippen molar-refractivity contribution in [2.24, 2.45) is 7.05 Å². The molecule has 3 rings (SSSR count). The Morgan fingerprint density at radius 1 is 1.24 bits per heavy atom. The lowest BCUT2D eigenvalue weighted by molar-refractivity contribution is -0.119. The average Bonchev–Trinajstić information content (AvgIpc) is 3.23. The largest absolute Gasteiger partial charge is 0.378 e. The number of carbonyl (C=O) groups excluding carboxylic acids is 1. The molecule has 0 unspecified atom stereocenters. The van der Waals surface area contributed by atoms with E-state index < -0.39 is 0 Å². The maximum Gasteiger partial charge on any atom is 0.230 e. The molecule has 0 saturated heterocycles. The van der Waals surface area contributed by atoms with Crippen LogP contribution in [0.1, 0.15) is 37.1 Å². The van der Waals surface area contributed by atoms with Crippen LogP contribution >= 0.6 is 11.8 Å². The molecule has 6 nitrogen and oxygen atoms in total. The number of hydrogen-bond donors (Lipinski definition) is 2. The smallest absolute Gasteiger partial charge is 0.230 e. The van der Waals surface area contributed by atoms with Crippen LogP contribution in [0.2, 0.25) is 0 Å². The summed E-state index contributed by atoms with van der Waals surface area (Å²) in [4.78, 5) is 12.0. The van der Waals surface area contributed by atoms with E-state index in [4.69, 9.17) is 0 Å². The fourth-order valence-electron chi connectivity index (χ4n) is 2.95. The third-order valence-electron chi connectivity index (χ3n) is 4.48. The quantitative estimate of drug-likeness (QED) is 0.744. The molecule has 2 N–H and O–H groups in total. The summed E-state index contributed by atoms with van der Waals surface area (Å²) >= 11 is 1.43. The van der Waals surface area contributed by atoms with Crippen LogP contribution in [0, 0.1) is 6.92 Å². The van der Waals surface area contributed by atoms with E-state index >= 15 is 0 Å². The van der Waals surface area contributed by atoms with Gasteiger partial charge < -0.3 is 15.2 Å². The summed E-state index contributed by atoms with van der Waals surface area (Å²) < 4.78 is 1.94. The molecular formula is C18H25N5OS. The van der Waals surface area contributed by atoms with Crippen molar-refractivity contribution >= 4 is 23.4 Å². The first-order valence-electron chi connectivity index (χ1n) is 8.73. The van der Waals surface area contributed by atoms with Crippen molar-refractivity contribution in [1.82, 2.24) is 20.1 Å². The number of amides is 1. The number of rotatable bonds is 7. The minimum atomic E-state index is 0.0826. The Hall–Kier alpha value is -2.02. The Labute approximate surface area is 152 Å². The first-order valence-corrected chi connectivity index (χ1v) is 9.71. The van der Waals surface area contributed by atoms with Crippen LogP contribution in [-0.2, 0) is 18.4 Å². The predicted molar refractivity (Wildman–Crippen MR) is 101 cm³/mol. The molecule has 1 aromatic heterocycles. The van der Waals surface area contributed by atoms with E-state index in [2.05, 4.69) is 52.0 Å². The molecule has 7 heteroatoms. The fourth-order valence-corrected chi connectivity index (χ4v) is 3.69. The monoisotopic (exact) mass is 359 g/mol. The molecule has 1 aromatic carbocycles. The van der Waals surface area contributed by atoms with Gasteiger partial charge in [0.05, 0.1) is 12.3 Å². The number of anilines is 1. The number of aryl methyl sites for hydroxylation is 1. The molecule has 134 valence electrons. The Morgan fingerprint density at radius 2 is 1.96 bits per heavy atom. The number of aromatic nitrogens is 3. The van der Waals surface area contributed by atoms with Crippen LogP contribution in [0.15, 0.2) is 29.4 Å². The van der Waals surface area contributed by atoms with E-state index in [0.717, 1.165) is 29.5 Å². The maximum atomic E-state index is 12.0. The molecule has 1 aliphatic rings. The zero-order valence-corrected chi connectivity index (χ0v) is 15.6. The first-order chi connectivity index (χ1) is 12.1. The highest BCUT2D eigenvalue weighted by Crippen LogP contribution is 2.19. The zero-order chi connectivity index (χ0) is 17.6. The van der Waals surface area contributed by atoms with Crippen molar-refractivity contribution in [3.8, 4) is 0 Å². The minimum absolute atomic E-state index is 0.0826. The molecule has 2 aromatic rings. The van der Waals surface area contributed by atoms with Crippen LogP contribution in [0.5, 0.6) is 0 Å². The van der Waals surface area contributed by atoms with Crippen LogP contribution in [0.4, 0.5) is 5.69 Å². The molecule has 1 aliphatic carbocycles. The van der Waals surface area contributed by atoms with Crippen molar-refractivity contribution in [2.75, 3.05) is 11.1 Å². The van der Waals surface area contributed by atoms with Gasteiger partial charge in [0.2, 0.25) is 5.91 Å². The van der Waals surface area contributed by atoms with Gasteiger partial charge >= 0.3 is 0 Å². The van der Waals surface area contributed by atoms with Gasteiger partial charge in [-0.1, -0.05) is 42.3 Å². The first kappa shape index (κ1) is 17.8. The normalized spacial score (nSPS) is 14.6. The number of hydrogen-bond acceptors (Lipinski definition) is 5. The Kier molecular flexibility index (Phi) is 5.96. The van der Waals surface area contributed by atoms with Gasteiger partial charge in [0, 0.05) is 18.8 Å². The van der Waals surface area contributed by atoms with Crippen LogP contribution in [-0.4, -0.2) is 32.5 Å². The zero-order valence-electron chi connectivity index (χ0n) is 14.8. The van der Waals surface area contributed by atoms with Gasteiger partial charge in [-0.3, -0.25) is 4.79 Å². The third kappa shape index (κ3) is 4.98. The second-order valence-electron chi connectivity index (χ2n) is 6.51. The predicted octanol–water partition coefficient (Wildman–Crippen LogP) is 2.89. The summed E-state index contributed by atoms with van der Waals surface area (Å²) in [5.74, 6) is 1.31. The maximum absolute atomic E-state index is 12.0. The molecule has 1 saturated carbocycles. The summed E-state index contributed by atoms with van der Waals surface area (Å²) in [7, 11) is 1.93. The van der Waals surface area contributed by atoms with Gasteiger partial charge in [0.1, 0.15) is 0 Å². The van der Waals surface area contributed by atoms with Gasteiger partial charge in [0.15, 0.2) is 11.0 Å². The molecule has 0 atom stereocenters. The second-order valence-corrected chi connectivity index (χ2v) is 7.46. The molecule has 0 bridgehead atoms. The second kappa shape index (κ2) is 8.38. The fraction of sp³-hybridized carbons (Fsp3) is 0.500. The van der Waals surface area contributed by atoms with Crippen molar-refractivity contribution in [3.05, 3.63) is 35.7 Å². The molecule has 1 heterocycles. The van der Waals surface area contributed by atoms with Crippen molar-refractivity contribution in [3.63, 3.8) is 0 Å². The lowest BCUT2D eigenvalue weighted by atomic mass is 10.2. The third-order valence-corrected chi connectivity index (χ3v) is 5.50. The number of carbonyl (C=O) groups is 1. The standard InChI is InChI=1S/C18H25N5OS/c1-13-7-9-14(10-8-13)19-11-16-21-22-18(23(16)2)25-12-17(24)20-15-5-3-4-6-15/h7-10,15,19H,3-6,11-12H2,1-2H3,(H,20,24). The Bertz CT molecular complexity index is 707. The Balaban J connectivity index is 1.48. The number of nitrogens with one attached hydrogen (secondary N) is 2. The lowest BCUT2D eigenvalue weighted by Gasteiger charge is -2.11. The molecule has 0 radical (unpaired) electrons. The summed E-state index contributed by atoms with van der Waals surface area (Å²) in [5, 5.41) is 15.6. The van der Waals surface area contributed by atoms with Gasteiger partial charge in [-0.15, -0.1) is 10.2 Å². The highest BCUT2D eigenvalue weighted by atomic mass is 32.2. The average molecular weight is 359 g/mol. The number of thioether (sulfide) groups is 1. The summed E-state index contributed by atoms with van der Waals surface area (Å²) in [6, 6.07) is 8.61. The molecular weight excluding hydrogens is 334 g/mol. The van der Waals surface area contributed by atoms with Gasteiger partial charge in [-0.25, -0.2) is 0 Å². The van der Waals surface area contributed by atoms with Crippen molar-refractivity contribution in [2.45, 2.75) is 50.4 Å². The van der Waals surface area contributed by atoms with Crippen LogP contribution < -0.4 is 10.6 Å². The highest BCUT2D eigenvalue weighted by molar-refractivity contribution is 7.99. The van der Waals surface area contributed by atoms with E-state index in [1.54, 1.807) is 0 Å². The van der Waals surface area contributed by atoms with Gasteiger partial charge in [-0.2, -0.15) is 0 Å². The van der Waals surface area contributed by atoms with E-state index in [1.807, 2.05) is 11.6 Å². The van der Waals surface area contributed by atoms with E-state index in [9.17, 15) is 4.79 Å². The number of nitrogens with zero attached hydrogens (tertiary/aromatic N) is 3. The molecule has 0 spiro atoms. The van der Waals surface area contributed by atoms with Crippen LogP contribution in [0.3, 0.4) is 0 Å². The van der Waals surface area contributed by atoms with E-state index in [-0.39, 0.29) is 5.91 Å².